The van der Waals surface area contributed by atoms with Gasteiger partial charge >= 0.3 is 0 Å². The van der Waals surface area contributed by atoms with Gasteiger partial charge in [0.2, 0.25) is 5.91 Å². The molecular weight excluding hydrogens is 279 g/mol. The predicted molar refractivity (Wildman–Crippen MR) is 77.9 cm³/mol. The fraction of sp³-hybridized carbons (Fsp3) is 0.467. The van der Waals surface area contributed by atoms with Crippen molar-refractivity contribution in [2.45, 2.75) is 39.5 Å². The first-order chi connectivity index (χ1) is 9.50. The standard InChI is InChI=1S/C15H18ClFN2O/c1-3-8-15(10-18,9-4-2)14(20)19-13-11(16)6-5-7-12(13)17/h5-7H,3-4,8-9H2,1-2H3,(H,19,20). The molecular formula is C15H18ClFN2O. The molecule has 0 saturated carbocycles. The average Bonchev–Trinajstić information content (AvgIpc) is 2.42. The molecule has 0 radical (unpaired) electrons. The third-order valence-corrected chi connectivity index (χ3v) is 3.52. The summed E-state index contributed by atoms with van der Waals surface area (Å²) in [6, 6.07) is 6.27. The molecule has 0 aliphatic carbocycles. The molecule has 108 valence electrons. The lowest BCUT2D eigenvalue weighted by Crippen LogP contribution is -2.35. The molecule has 0 aliphatic heterocycles. The van der Waals surface area contributed by atoms with E-state index in [1.807, 2.05) is 13.8 Å². The number of rotatable bonds is 6. The highest BCUT2D eigenvalue weighted by Crippen LogP contribution is 2.33. The Kier molecular flexibility index (Phi) is 5.97. The molecule has 0 aromatic heterocycles. The van der Waals surface area contributed by atoms with E-state index in [4.69, 9.17) is 11.6 Å². The zero-order chi connectivity index (χ0) is 15.2. The molecule has 3 nitrogen and oxygen atoms in total. The third kappa shape index (κ3) is 3.49. The van der Waals surface area contributed by atoms with E-state index in [-0.39, 0.29) is 10.7 Å². The van der Waals surface area contributed by atoms with Gasteiger partial charge < -0.3 is 5.32 Å². The molecule has 1 aromatic rings. The van der Waals surface area contributed by atoms with Crippen LogP contribution in [0, 0.1) is 22.6 Å². The van der Waals surface area contributed by atoms with Gasteiger partial charge in [0.15, 0.2) is 0 Å². The molecule has 0 unspecified atom stereocenters. The molecule has 1 N–H and O–H groups in total. The van der Waals surface area contributed by atoms with Crippen molar-refractivity contribution in [1.82, 2.24) is 0 Å². The van der Waals surface area contributed by atoms with Gasteiger partial charge in [-0.3, -0.25) is 4.79 Å². The van der Waals surface area contributed by atoms with Crippen LogP contribution in [0.3, 0.4) is 0 Å². The summed E-state index contributed by atoms with van der Waals surface area (Å²) in [6.45, 7) is 3.82. The summed E-state index contributed by atoms with van der Waals surface area (Å²) in [7, 11) is 0. The number of hydrogen-bond donors (Lipinski definition) is 1. The summed E-state index contributed by atoms with van der Waals surface area (Å²) < 4.78 is 13.7. The Bertz CT molecular complexity index is 499. The number of nitriles is 1. The summed E-state index contributed by atoms with van der Waals surface area (Å²) in [5, 5.41) is 12.0. The van der Waals surface area contributed by atoms with E-state index < -0.39 is 17.1 Å². The highest BCUT2D eigenvalue weighted by Gasteiger charge is 2.37. The van der Waals surface area contributed by atoms with Gasteiger partial charge in [-0.05, 0) is 25.0 Å². The molecule has 0 saturated heterocycles. The Balaban J connectivity index is 3.06. The maximum atomic E-state index is 13.7. The number of halogens is 2. The van der Waals surface area contributed by atoms with Crippen LogP contribution in [-0.2, 0) is 4.79 Å². The van der Waals surface area contributed by atoms with E-state index in [0.29, 0.717) is 25.7 Å². The summed E-state index contributed by atoms with van der Waals surface area (Å²) in [5.41, 5.74) is -1.19. The summed E-state index contributed by atoms with van der Waals surface area (Å²) in [4.78, 5) is 12.4. The van der Waals surface area contributed by atoms with Crippen LogP contribution in [0.15, 0.2) is 18.2 Å². The van der Waals surface area contributed by atoms with Crippen LogP contribution >= 0.6 is 11.6 Å². The van der Waals surface area contributed by atoms with E-state index in [0.717, 1.165) is 0 Å². The largest absolute Gasteiger partial charge is 0.321 e. The minimum atomic E-state index is -1.13. The molecule has 0 heterocycles. The number of carbonyl (C=O) groups is 1. The first-order valence-corrected chi connectivity index (χ1v) is 7.05. The van der Waals surface area contributed by atoms with Crippen molar-refractivity contribution in [1.29, 1.82) is 5.26 Å². The number of para-hydroxylation sites is 1. The lowest BCUT2D eigenvalue weighted by molar-refractivity contribution is -0.123. The van der Waals surface area contributed by atoms with Gasteiger partial charge in [0.05, 0.1) is 16.8 Å². The van der Waals surface area contributed by atoms with E-state index in [9.17, 15) is 14.4 Å². The van der Waals surface area contributed by atoms with Gasteiger partial charge in [0.1, 0.15) is 11.2 Å². The number of anilines is 1. The number of benzene rings is 1. The maximum absolute atomic E-state index is 13.7. The third-order valence-electron chi connectivity index (χ3n) is 3.20. The minimum absolute atomic E-state index is 0.0639. The Labute approximate surface area is 123 Å². The second-order valence-corrected chi connectivity index (χ2v) is 5.15. The summed E-state index contributed by atoms with van der Waals surface area (Å²) in [6.07, 6.45) is 2.28. The molecule has 1 amide bonds. The summed E-state index contributed by atoms with van der Waals surface area (Å²) in [5.74, 6) is -1.10. The van der Waals surface area contributed by atoms with Gasteiger partial charge in [-0.15, -0.1) is 0 Å². The smallest absolute Gasteiger partial charge is 0.244 e. The lowest BCUT2D eigenvalue weighted by atomic mass is 9.79. The van der Waals surface area contributed by atoms with Crippen molar-refractivity contribution in [2.24, 2.45) is 5.41 Å². The molecule has 0 bridgehead atoms. The number of carbonyl (C=O) groups excluding carboxylic acids is 1. The fourth-order valence-electron chi connectivity index (χ4n) is 2.22. The van der Waals surface area contributed by atoms with Crippen LogP contribution in [0.1, 0.15) is 39.5 Å². The first kappa shape index (κ1) is 16.5. The van der Waals surface area contributed by atoms with Crippen LogP contribution in [0.4, 0.5) is 10.1 Å². The number of hydrogen-bond acceptors (Lipinski definition) is 2. The monoisotopic (exact) mass is 296 g/mol. The van der Waals surface area contributed by atoms with Crippen molar-refractivity contribution in [3.05, 3.63) is 29.0 Å². The Morgan fingerprint density at radius 2 is 2.00 bits per heavy atom. The van der Waals surface area contributed by atoms with Crippen LogP contribution in [-0.4, -0.2) is 5.91 Å². The highest BCUT2D eigenvalue weighted by atomic mass is 35.5. The van der Waals surface area contributed by atoms with Crippen LogP contribution < -0.4 is 5.32 Å². The quantitative estimate of drug-likeness (QED) is 0.838. The van der Waals surface area contributed by atoms with Crippen LogP contribution in [0.2, 0.25) is 5.02 Å². The second kappa shape index (κ2) is 7.25. The van der Waals surface area contributed by atoms with Crippen molar-refractivity contribution >= 4 is 23.2 Å². The normalized spacial score (nSPS) is 10.9. The van der Waals surface area contributed by atoms with Crippen molar-refractivity contribution in [2.75, 3.05) is 5.32 Å². The molecule has 1 aromatic carbocycles. The molecule has 1 rings (SSSR count). The zero-order valence-corrected chi connectivity index (χ0v) is 12.4. The highest BCUT2D eigenvalue weighted by molar-refractivity contribution is 6.33. The molecule has 0 aliphatic rings. The van der Waals surface area contributed by atoms with E-state index in [2.05, 4.69) is 11.4 Å². The number of nitrogens with zero attached hydrogens (tertiary/aromatic N) is 1. The van der Waals surface area contributed by atoms with Crippen molar-refractivity contribution in [3.63, 3.8) is 0 Å². The van der Waals surface area contributed by atoms with E-state index >= 15 is 0 Å². The van der Waals surface area contributed by atoms with Gasteiger partial charge in [-0.25, -0.2) is 4.39 Å². The van der Waals surface area contributed by atoms with Gasteiger partial charge in [-0.2, -0.15) is 5.26 Å². The second-order valence-electron chi connectivity index (χ2n) is 4.74. The number of nitrogens with one attached hydrogen (secondary N) is 1. The number of amides is 1. The van der Waals surface area contributed by atoms with Crippen LogP contribution in [0.5, 0.6) is 0 Å². The van der Waals surface area contributed by atoms with E-state index in [1.54, 1.807) is 0 Å². The molecule has 0 fully saturated rings. The van der Waals surface area contributed by atoms with E-state index in [1.165, 1.54) is 18.2 Å². The average molecular weight is 297 g/mol. The predicted octanol–water partition coefficient (Wildman–Crippen LogP) is 4.53. The molecule has 0 spiro atoms. The first-order valence-electron chi connectivity index (χ1n) is 6.67. The zero-order valence-electron chi connectivity index (χ0n) is 11.7. The van der Waals surface area contributed by atoms with Gasteiger partial charge in [0, 0.05) is 0 Å². The molecule has 0 atom stereocenters. The van der Waals surface area contributed by atoms with Gasteiger partial charge in [0.25, 0.3) is 0 Å². The Morgan fingerprint density at radius 3 is 2.45 bits per heavy atom. The van der Waals surface area contributed by atoms with Crippen LogP contribution in [0.25, 0.3) is 0 Å². The maximum Gasteiger partial charge on any atom is 0.244 e. The molecule has 5 heteroatoms. The van der Waals surface area contributed by atoms with Crippen molar-refractivity contribution in [3.8, 4) is 6.07 Å². The van der Waals surface area contributed by atoms with Crippen molar-refractivity contribution < 1.29 is 9.18 Å². The topological polar surface area (TPSA) is 52.9 Å². The van der Waals surface area contributed by atoms with Gasteiger partial charge in [-0.1, -0.05) is 44.4 Å². The lowest BCUT2D eigenvalue weighted by Gasteiger charge is -2.24. The fourth-order valence-corrected chi connectivity index (χ4v) is 2.43. The molecule has 20 heavy (non-hydrogen) atoms. The minimum Gasteiger partial charge on any atom is -0.321 e. The Hall–Kier alpha value is -1.60. The SMILES string of the molecule is CCCC(C#N)(CCC)C(=O)Nc1c(F)cccc1Cl. The Morgan fingerprint density at radius 1 is 1.40 bits per heavy atom. The summed E-state index contributed by atoms with van der Waals surface area (Å²) >= 11 is 5.88.